The van der Waals surface area contributed by atoms with Crippen LogP contribution in [0.5, 0.6) is 5.75 Å². The van der Waals surface area contributed by atoms with E-state index < -0.39 is 18.1 Å². The molecule has 8 nitrogen and oxygen atoms in total. The first-order valence-corrected chi connectivity index (χ1v) is 13.7. The number of carbonyl (C=O) groups is 2. The standard InChI is InChI=1S/C30H28F4N2O6/c1-39-29(38)16-8-9-23(22(31)13-16)35-28(37)25-17-10-18(25)12-19(11-17)40-14-21-26(36-42-27(21)15-6-7-15)20-4-2-3-5-24(20)41-30(32,33)34/h2-5,8-9,13,15,17-19,25H,6-7,10-12,14H2,1H3,(H,35,37). The Bertz CT molecular complexity index is 1490. The van der Waals surface area contributed by atoms with E-state index in [4.69, 9.17) is 9.26 Å². The molecule has 0 aliphatic heterocycles. The van der Waals surface area contributed by atoms with E-state index in [1.165, 1.54) is 37.4 Å². The van der Waals surface area contributed by atoms with Crippen LogP contribution in [0.3, 0.4) is 0 Å². The van der Waals surface area contributed by atoms with E-state index in [-0.39, 0.29) is 70.5 Å². The summed E-state index contributed by atoms with van der Waals surface area (Å²) in [4.78, 5) is 24.6. The van der Waals surface area contributed by atoms with E-state index in [1.807, 2.05) is 0 Å². The normalized spacial score (nSPS) is 23.2. The zero-order valence-corrected chi connectivity index (χ0v) is 22.6. The van der Waals surface area contributed by atoms with Gasteiger partial charge in [0.05, 0.1) is 31.1 Å². The van der Waals surface area contributed by atoms with Gasteiger partial charge in [0.25, 0.3) is 0 Å². The molecule has 12 heteroatoms. The Morgan fingerprint density at radius 3 is 2.48 bits per heavy atom. The predicted molar refractivity (Wildman–Crippen MR) is 140 cm³/mol. The highest BCUT2D eigenvalue weighted by molar-refractivity contribution is 5.95. The quantitative estimate of drug-likeness (QED) is 0.222. The zero-order valence-electron chi connectivity index (χ0n) is 22.6. The topological polar surface area (TPSA) is 99.9 Å². The molecule has 4 aliphatic rings. The van der Waals surface area contributed by atoms with Crippen LogP contribution in [0.25, 0.3) is 11.3 Å². The van der Waals surface area contributed by atoms with Crippen LogP contribution in [0.2, 0.25) is 0 Å². The van der Waals surface area contributed by atoms with Crippen molar-refractivity contribution in [3.63, 3.8) is 0 Å². The minimum Gasteiger partial charge on any atom is -0.465 e. The maximum absolute atomic E-state index is 14.5. The van der Waals surface area contributed by atoms with Crippen LogP contribution < -0.4 is 10.1 Å². The van der Waals surface area contributed by atoms with E-state index in [2.05, 4.69) is 19.9 Å². The van der Waals surface area contributed by atoms with Crippen molar-refractivity contribution < 1.29 is 45.9 Å². The average Bonchev–Trinajstić information content (AvgIpc) is 3.71. The lowest BCUT2D eigenvalue weighted by Gasteiger charge is -2.51. The van der Waals surface area contributed by atoms with Gasteiger partial charge >= 0.3 is 12.3 Å². The summed E-state index contributed by atoms with van der Waals surface area (Å²) in [5.41, 5.74) is 1.07. The molecule has 0 saturated heterocycles. The number of halogens is 4. The first kappa shape index (κ1) is 28.2. The Labute approximate surface area is 238 Å². The Hall–Kier alpha value is -3.93. The number of methoxy groups -OCH3 is 1. The molecule has 0 radical (unpaired) electrons. The lowest BCUT2D eigenvalue weighted by Crippen LogP contribution is -2.51. The number of ether oxygens (including phenoxy) is 3. The number of hydrogen-bond acceptors (Lipinski definition) is 7. The molecule has 2 bridgehead atoms. The molecule has 1 heterocycles. The number of carbonyl (C=O) groups excluding carboxylic acids is 2. The summed E-state index contributed by atoms with van der Waals surface area (Å²) in [5.74, 6) is -1.47. The minimum atomic E-state index is -4.86. The highest BCUT2D eigenvalue weighted by Gasteiger charge is 2.51. The van der Waals surface area contributed by atoms with Crippen LogP contribution >= 0.6 is 0 Å². The lowest BCUT2D eigenvalue weighted by atomic mass is 9.56. The summed E-state index contributed by atoms with van der Waals surface area (Å²) in [7, 11) is 1.20. The lowest BCUT2D eigenvalue weighted by molar-refractivity contribution is -0.274. The molecule has 2 aromatic carbocycles. The van der Waals surface area contributed by atoms with Gasteiger partial charge in [0.1, 0.15) is 23.0 Å². The van der Waals surface area contributed by atoms with Crippen molar-refractivity contribution >= 4 is 17.6 Å². The van der Waals surface area contributed by atoms with E-state index in [0.29, 0.717) is 24.2 Å². The number of nitrogens with zero attached hydrogens (tertiary/aromatic N) is 1. The number of amides is 1. The van der Waals surface area contributed by atoms with Crippen LogP contribution in [-0.2, 0) is 20.9 Å². The fourth-order valence-electron chi connectivity index (χ4n) is 6.19. The van der Waals surface area contributed by atoms with E-state index in [9.17, 15) is 27.2 Å². The van der Waals surface area contributed by atoms with Crippen molar-refractivity contribution in [2.24, 2.45) is 17.8 Å². The Balaban J connectivity index is 1.11. The summed E-state index contributed by atoms with van der Waals surface area (Å²) in [6.07, 6.45) is -1.13. The van der Waals surface area contributed by atoms with Gasteiger partial charge in [-0.1, -0.05) is 17.3 Å². The Morgan fingerprint density at radius 2 is 1.81 bits per heavy atom. The van der Waals surface area contributed by atoms with Gasteiger partial charge in [0, 0.05) is 23.0 Å². The summed E-state index contributed by atoms with van der Waals surface area (Å²) in [6, 6.07) is 9.55. The Morgan fingerprint density at radius 1 is 1.07 bits per heavy atom. The van der Waals surface area contributed by atoms with Crippen LogP contribution in [0, 0.1) is 23.6 Å². The molecule has 0 spiro atoms. The fraction of sp³-hybridized carbons (Fsp3) is 0.433. The third-order valence-corrected chi connectivity index (χ3v) is 8.30. The number of nitrogens with one attached hydrogen (secondary N) is 1. The molecule has 1 amide bonds. The monoisotopic (exact) mass is 588 g/mol. The number of fused-ring (bicyclic) bond motifs is 2. The van der Waals surface area contributed by atoms with Gasteiger partial charge in [0.15, 0.2) is 0 Å². The maximum atomic E-state index is 14.5. The van der Waals surface area contributed by atoms with Gasteiger partial charge in [-0.25, -0.2) is 9.18 Å². The van der Waals surface area contributed by atoms with Crippen molar-refractivity contribution in [2.75, 3.05) is 12.4 Å². The summed E-state index contributed by atoms with van der Waals surface area (Å²) in [5, 5.41) is 6.76. The predicted octanol–water partition coefficient (Wildman–Crippen LogP) is 6.61. The molecule has 42 heavy (non-hydrogen) atoms. The van der Waals surface area contributed by atoms with Gasteiger partial charge in [-0.15, -0.1) is 13.2 Å². The minimum absolute atomic E-state index is 0.00666. The van der Waals surface area contributed by atoms with Crippen LogP contribution in [0.1, 0.15) is 59.7 Å². The molecule has 4 saturated carbocycles. The van der Waals surface area contributed by atoms with Gasteiger partial charge < -0.3 is 24.1 Å². The second kappa shape index (κ2) is 11.0. The van der Waals surface area contributed by atoms with Crippen molar-refractivity contribution in [1.82, 2.24) is 5.16 Å². The van der Waals surface area contributed by atoms with Gasteiger partial charge in [-0.05, 0) is 74.3 Å². The highest BCUT2D eigenvalue weighted by atomic mass is 19.4. The number of para-hydroxylation sites is 1. The highest BCUT2D eigenvalue weighted by Crippen LogP contribution is 2.52. The van der Waals surface area contributed by atoms with Crippen LogP contribution in [0.4, 0.5) is 23.2 Å². The zero-order chi connectivity index (χ0) is 29.6. The summed E-state index contributed by atoms with van der Waals surface area (Å²) >= 11 is 0. The van der Waals surface area contributed by atoms with E-state index in [1.54, 1.807) is 6.07 Å². The second-order valence-corrected chi connectivity index (χ2v) is 11.1. The van der Waals surface area contributed by atoms with Gasteiger partial charge in [0.2, 0.25) is 5.91 Å². The number of rotatable bonds is 9. The largest absolute Gasteiger partial charge is 0.573 e. The Kier molecular flexibility index (Phi) is 7.42. The molecule has 4 aliphatic carbocycles. The number of alkyl halides is 3. The maximum Gasteiger partial charge on any atom is 0.573 e. The molecule has 4 fully saturated rings. The van der Waals surface area contributed by atoms with Crippen LogP contribution in [0.15, 0.2) is 47.0 Å². The van der Waals surface area contributed by atoms with Gasteiger partial charge in [-0.3, -0.25) is 4.79 Å². The van der Waals surface area contributed by atoms with E-state index in [0.717, 1.165) is 25.3 Å². The number of esters is 1. The van der Waals surface area contributed by atoms with E-state index >= 15 is 0 Å². The van der Waals surface area contributed by atoms with Crippen molar-refractivity contribution in [2.45, 2.75) is 57.1 Å². The second-order valence-electron chi connectivity index (χ2n) is 11.1. The first-order chi connectivity index (χ1) is 20.1. The third-order valence-electron chi connectivity index (χ3n) is 8.30. The number of benzene rings is 2. The molecule has 2 unspecified atom stereocenters. The smallest absolute Gasteiger partial charge is 0.465 e. The van der Waals surface area contributed by atoms with Crippen molar-refractivity contribution in [3.8, 4) is 17.0 Å². The van der Waals surface area contributed by atoms with Crippen LogP contribution in [-0.4, -0.2) is 36.6 Å². The SMILES string of the molecule is COC(=O)c1ccc(NC(=O)C2C3CC(OCc4c(-c5ccccc5OC(F)(F)F)noc4C4CC4)CC2C3)c(F)c1. The molecule has 1 aromatic heterocycles. The molecule has 222 valence electrons. The summed E-state index contributed by atoms with van der Waals surface area (Å²) in [6.45, 7) is 0.101. The van der Waals surface area contributed by atoms with Crippen molar-refractivity contribution in [3.05, 3.63) is 65.2 Å². The van der Waals surface area contributed by atoms with Gasteiger partial charge in [-0.2, -0.15) is 0 Å². The fourth-order valence-corrected chi connectivity index (χ4v) is 6.19. The third kappa shape index (κ3) is 5.72. The number of aromatic nitrogens is 1. The summed E-state index contributed by atoms with van der Waals surface area (Å²) < 4.78 is 74.4. The molecule has 3 aromatic rings. The van der Waals surface area contributed by atoms with Crippen molar-refractivity contribution in [1.29, 1.82) is 0 Å². The number of hydrogen-bond donors (Lipinski definition) is 1. The number of anilines is 1. The molecule has 1 N–H and O–H groups in total. The molecular formula is C30H28F4N2O6. The molecule has 7 rings (SSSR count). The molecular weight excluding hydrogens is 560 g/mol. The first-order valence-electron chi connectivity index (χ1n) is 13.7. The average molecular weight is 589 g/mol. The molecule has 2 atom stereocenters.